The van der Waals surface area contributed by atoms with Crippen molar-refractivity contribution in [2.45, 2.75) is 43.8 Å². The lowest BCUT2D eigenvalue weighted by atomic mass is 9.82. The van der Waals surface area contributed by atoms with Gasteiger partial charge in [0.25, 0.3) is 5.91 Å². The summed E-state index contributed by atoms with van der Waals surface area (Å²) in [5, 5.41) is 9.49. The van der Waals surface area contributed by atoms with E-state index in [1.807, 2.05) is 18.2 Å². The molecule has 1 aliphatic carbocycles. The van der Waals surface area contributed by atoms with Gasteiger partial charge < -0.3 is 9.84 Å². The number of halogens is 2. The number of carbonyl (C=O) groups excluding carboxylic acids is 3. The van der Waals surface area contributed by atoms with Crippen LogP contribution in [0.3, 0.4) is 0 Å². The van der Waals surface area contributed by atoms with Crippen LogP contribution >= 0.6 is 0 Å². The number of carbonyl (C=O) groups is 3. The van der Waals surface area contributed by atoms with Crippen LogP contribution in [0.15, 0.2) is 48.5 Å². The quantitative estimate of drug-likeness (QED) is 0.728. The van der Waals surface area contributed by atoms with E-state index in [1.165, 1.54) is 0 Å². The van der Waals surface area contributed by atoms with E-state index in [0.29, 0.717) is 10.5 Å². The molecule has 0 unspecified atom stereocenters. The monoisotopic (exact) mass is 429 g/mol. The first-order valence-corrected chi connectivity index (χ1v) is 10.00. The van der Waals surface area contributed by atoms with E-state index in [4.69, 9.17) is 4.74 Å². The SMILES string of the molecule is O=C(CN1C(=O)OC2(CCC(F)(F)CC2)C1=O)c1ccc(-c2ccccc2CO)cc1. The van der Waals surface area contributed by atoms with E-state index in [2.05, 4.69) is 0 Å². The van der Waals surface area contributed by atoms with Crippen molar-refractivity contribution in [3.8, 4) is 11.1 Å². The molecule has 0 aromatic heterocycles. The van der Waals surface area contributed by atoms with Crippen molar-refractivity contribution >= 4 is 17.8 Å². The summed E-state index contributed by atoms with van der Waals surface area (Å²) in [7, 11) is 0. The fourth-order valence-corrected chi connectivity index (χ4v) is 4.08. The van der Waals surface area contributed by atoms with E-state index in [-0.39, 0.29) is 19.4 Å². The van der Waals surface area contributed by atoms with Gasteiger partial charge in [-0.3, -0.25) is 9.59 Å². The minimum absolute atomic E-state index is 0.121. The first kappa shape index (κ1) is 21.1. The summed E-state index contributed by atoms with van der Waals surface area (Å²) in [5.41, 5.74) is 1.09. The van der Waals surface area contributed by atoms with Crippen LogP contribution < -0.4 is 0 Å². The van der Waals surface area contributed by atoms with Gasteiger partial charge in [-0.25, -0.2) is 18.5 Å². The maximum Gasteiger partial charge on any atom is 0.418 e. The second-order valence-electron chi connectivity index (χ2n) is 7.93. The van der Waals surface area contributed by atoms with Crippen LogP contribution in [0.4, 0.5) is 13.6 Å². The number of hydrogen-bond acceptors (Lipinski definition) is 5. The van der Waals surface area contributed by atoms with Crippen molar-refractivity contribution in [1.82, 2.24) is 4.90 Å². The molecule has 2 fully saturated rings. The number of hydrogen-bond donors (Lipinski definition) is 1. The van der Waals surface area contributed by atoms with Gasteiger partial charge in [-0.1, -0.05) is 48.5 Å². The topological polar surface area (TPSA) is 83.9 Å². The number of Topliss-reactive ketones (excluding diaryl/α,β-unsaturated/α-hetero) is 1. The third-order valence-corrected chi connectivity index (χ3v) is 5.93. The fraction of sp³-hybridized carbons (Fsp3) is 0.348. The Bertz CT molecular complexity index is 1020. The normalized spacial score (nSPS) is 19.5. The zero-order valence-electron chi connectivity index (χ0n) is 16.6. The number of rotatable bonds is 5. The summed E-state index contributed by atoms with van der Waals surface area (Å²) in [4.78, 5) is 38.3. The molecule has 162 valence electrons. The molecule has 0 radical (unpaired) electrons. The van der Waals surface area contributed by atoms with Crippen molar-refractivity contribution in [2.24, 2.45) is 0 Å². The Kier molecular flexibility index (Phi) is 5.35. The first-order chi connectivity index (χ1) is 14.7. The average molecular weight is 429 g/mol. The van der Waals surface area contributed by atoms with Gasteiger partial charge in [-0.15, -0.1) is 0 Å². The third-order valence-electron chi connectivity index (χ3n) is 5.93. The molecule has 8 heteroatoms. The molecule has 4 rings (SSSR count). The minimum Gasteiger partial charge on any atom is -0.432 e. The lowest BCUT2D eigenvalue weighted by Crippen LogP contribution is -2.47. The molecule has 1 spiro atoms. The molecule has 1 saturated carbocycles. The van der Waals surface area contributed by atoms with Crippen LogP contribution in [0, 0.1) is 0 Å². The standard InChI is InChI=1S/C23H21F2NO5/c24-23(25)11-9-22(10-12-23)20(29)26(21(30)31-22)13-19(28)16-7-5-15(6-8-16)18-4-2-1-3-17(18)14-27/h1-8,27H,9-14H2. The second kappa shape index (κ2) is 7.85. The number of imide groups is 1. The number of amides is 2. The van der Waals surface area contributed by atoms with Crippen LogP contribution in [0.1, 0.15) is 41.6 Å². The average Bonchev–Trinajstić information content (AvgIpc) is 3.00. The number of alkyl halides is 2. The van der Waals surface area contributed by atoms with Gasteiger partial charge in [0.05, 0.1) is 13.2 Å². The summed E-state index contributed by atoms with van der Waals surface area (Å²) in [5.74, 6) is -4.07. The Labute approximate surface area is 177 Å². The van der Waals surface area contributed by atoms with Gasteiger partial charge in [0.15, 0.2) is 11.4 Å². The number of nitrogens with zero attached hydrogens (tertiary/aromatic N) is 1. The molecule has 2 aliphatic rings. The Morgan fingerprint density at radius 1 is 1.00 bits per heavy atom. The van der Waals surface area contributed by atoms with Gasteiger partial charge in [-0.05, 0) is 16.7 Å². The predicted molar refractivity (Wildman–Crippen MR) is 106 cm³/mol. The van der Waals surface area contributed by atoms with E-state index in [1.54, 1.807) is 30.3 Å². The Morgan fingerprint density at radius 3 is 2.29 bits per heavy atom. The maximum atomic E-state index is 13.5. The van der Waals surface area contributed by atoms with Crippen LogP contribution in [-0.4, -0.2) is 45.9 Å². The van der Waals surface area contributed by atoms with Crippen molar-refractivity contribution in [1.29, 1.82) is 0 Å². The van der Waals surface area contributed by atoms with Crippen LogP contribution in [0.2, 0.25) is 0 Å². The Balaban J connectivity index is 1.47. The molecule has 31 heavy (non-hydrogen) atoms. The molecular formula is C23H21F2NO5. The van der Waals surface area contributed by atoms with Gasteiger partial charge in [0, 0.05) is 31.2 Å². The maximum absolute atomic E-state index is 13.5. The van der Waals surface area contributed by atoms with Crippen molar-refractivity contribution in [3.05, 3.63) is 59.7 Å². The largest absolute Gasteiger partial charge is 0.432 e. The zero-order valence-corrected chi connectivity index (χ0v) is 16.6. The lowest BCUT2D eigenvalue weighted by molar-refractivity contribution is -0.146. The molecule has 1 N–H and O–H groups in total. The van der Waals surface area contributed by atoms with Gasteiger partial charge in [-0.2, -0.15) is 0 Å². The Morgan fingerprint density at radius 2 is 1.65 bits per heavy atom. The summed E-state index contributed by atoms with van der Waals surface area (Å²) >= 11 is 0. The van der Waals surface area contributed by atoms with Crippen molar-refractivity contribution < 1.29 is 33.0 Å². The Hall–Kier alpha value is -3.13. The van der Waals surface area contributed by atoms with Crippen LogP contribution in [0.25, 0.3) is 11.1 Å². The summed E-state index contributed by atoms with van der Waals surface area (Å²) < 4.78 is 32.1. The molecule has 1 heterocycles. The second-order valence-corrected chi connectivity index (χ2v) is 7.93. The highest BCUT2D eigenvalue weighted by atomic mass is 19.3. The summed E-state index contributed by atoms with van der Waals surface area (Å²) in [6.07, 6.45) is -2.56. The van der Waals surface area contributed by atoms with Crippen molar-refractivity contribution in [3.63, 3.8) is 0 Å². The molecule has 2 amide bonds. The molecule has 0 atom stereocenters. The summed E-state index contributed by atoms with van der Waals surface area (Å²) in [6, 6.07) is 13.9. The molecular weight excluding hydrogens is 408 g/mol. The predicted octanol–water partition coefficient (Wildman–Crippen LogP) is 3.96. The number of aliphatic hydroxyl groups excluding tert-OH is 1. The highest BCUT2D eigenvalue weighted by Crippen LogP contribution is 2.44. The minimum atomic E-state index is -2.88. The number of ether oxygens (including phenoxy) is 1. The molecule has 2 aromatic rings. The third kappa shape index (κ3) is 3.95. The van der Waals surface area contributed by atoms with Gasteiger partial charge in [0.2, 0.25) is 5.92 Å². The molecule has 1 saturated heterocycles. The zero-order chi connectivity index (χ0) is 22.2. The fourth-order valence-electron chi connectivity index (χ4n) is 4.08. The molecule has 1 aliphatic heterocycles. The highest BCUT2D eigenvalue weighted by Gasteiger charge is 2.58. The first-order valence-electron chi connectivity index (χ1n) is 10.00. The highest BCUT2D eigenvalue weighted by molar-refractivity contribution is 6.08. The van der Waals surface area contributed by atoms with E-state index in [0.717, 1.165) is 16.7 Å². The molecule has 6 nitrogen and oxygen atoms in total. The van der Waals surface area contributed by atoms with E-state index in [9.17, 15) is 28.3 Å². The van der Waals surface area contributed by atoms with Crippen LogP contribution in [0.5, 0.6) is 0 Å². The van der Waals surface area contributed by atoms with E-state index < -0.39 is 48.7 Å². The number of ketones is 1. The van der Waals surface area contributed by atoms with E-state index >= 15 is 0 Å². The molecule has 2 aromatic carbocycles. The smallest absolute Gasteiger partial charge is 0.418 e. The molecule has 0 bridgehead atoms. The lowest BCUT2D eigenvalue weighted by Gasteiger charge is -2.33. The summed E-state index contributed by atoms with van der Waals surface area (Å²) in [6.45, 7) is -0.633. The number of benzene rings is 2. The van der Waals surface area contributed by atoms with Crippen LogP contribution in [-0.2, 0) is 16.1 Å². The number of aliphatic hydroxyl groups is 1. The van der Waals surface area contributed by atoms with Gasteiger partial charge in [0.1, 0.15) is 0 Å². The van der Waals surface area contributed by atoms with Gasteiger partial charge >= 0.3 is 6.09 Å². The van der Waals surface area contributed by atoms with Crippen molar-refractivity contribution in [2.75, 3.05) is 6.54 Å².